The van der Waals surface area contributed by atoms with Crippen molar-refractivity contribution in [3.05, 3.63) is 93.8 Å². The lowest BCUT2D eigenvalue weighted by Gasteiger charge is -2.07. The Hall–Kier alpha value is -3.84. The van der Waals surface area contributed by atoms with E-state index >= 15 is 0 Å². The summed E-state index contributed by atoms with van der Waals surface area (Å²) in [6.45, 7) is 1.72. The first-order valence-electron chi connectivity index (χ1n) is 10.7. The fraction of sp³-hybridized carbons (Fsp3) is 0.154. The van der Waals surface area contributed by atoms with Crippen LogP contribution in [0.25, 0.3) is 11.3 Å². The van der Waals surface area contributed by atoms with E-state index in [2.05, 4.69) is 10.3 Å². The quantitative estimate of drug-likeness (QED) is 0.388. The van der Waals surface area contributed by atoms with Crippen molar-refractivity contribution in [3.8, 4) is 11.3 Å². The average Bonchev–Trinajstić information content (AvgIpc) is 3.41. The van der Waals surface area contributed by atoms with Gasteiger partial charge in [-0.3, -0.25) is 19.7 Å². The number of benzene rings is 2. The molecule has 1 aliphatic rings. The molecule has 164 valence electrons. The van der Waals surface area contributed by atoms with Crippen LogP contribution < -0.4 is 5.32 Å². The number of rotatable bonds is 5. The minimum Gasteiger partial charge on any atom is -0.455 e. The Balaban J connectivity index is 1.51. The average molecular weight is 457 g/mol. The number of aryl methyl sites for hydroxylation is 1. The summed E-state index contributed by atoms with van der Waals surface area (Å²) in [5.74, 6) is 0.0398. The van der Waals surface area contributed by atoms with Gasteiger partial charge in [0.1, 0.15) is 10.6 Å². The molecule has 4 aromatic rings. The summed E-state index contributed by atoms with van der Waals surface area (Å²) < 4.78 is 5.76. The van der Waals surface area contributed by atoms with Crippen LogP contribution in [0, 0.1) is 6.92 Å². The van der Waals surface area contributed by atoms with Crippen molar-refractivity contribution < 1.29 is 18.8 Å². The third-order valence-corrected chi connectivity index (χ3v) is 6.62. The molecule has 2 heterocycles. The molecule has 7 heteroatoms. The third-order valence-electron chi connectivity index (χ3n) is 5.65. The van der Waals surface area contributed by atoms with Gasteiger partial charge < -0.3 is 4.42 Å². The molecule has 2 aromatic heterocycles. The van der Waals surface area contributed by atoms with Gasteiger partial charge in [-0.15, -0.1) is 0 Å². The molecular weight excluding hydrogens is 436 g/mol. The standard InChI is InChI=1S/C26H20N2O4S/c1-15-20-18(29)13-8-14-19(20)32-23(15)25(31)28-26-27-21(16-9-4-2-5-10-16)24(33-26)22(30)17-11-6-3-7-12-17/h2-7,9-12H,8,13-14H2,1H3,(H,27,28,31). The minimum absolute atomic E-state index is 0.00732. The van der Waals surface area contributed by atoms with Crippen molar-refractivity contribution in [3.63, 3.8) is 0 Å². The number of anilines is 1. The summed E-state index contributed by atoms with van der Waals surface area (Å²) in [6.07, 6.45) is 1.82. The largest absolute Gasteiger partial charge is 0.455 e. The summed E-state index contributed by atoms with van der Waals surface area (Å²) in [5, 5.41) is 3.06. The summed E-state index contributed by atoms with van der Waals surface area (Å²) in [4.78, 5) is 43.5. The van der Waals surface area contributed by atoms with Gasteiger partial charge in [-0.1, -0.05) is 72.0 Å². The second kappa shape index (κ2) is 8.60. The molecule has 0 atom stereocenters. The second-order valence-corrected chi connectivity index (χ2v) is 8.84. The first kappa shape index (κ1) is 21.0. The number of aromatic nitrogens is 1. The molecule has 0 bridgehead atoms. The number of furan rings is 1. The van der Waals surface area contributed by atoms with Crippen LogP contribution in [0.3, 0.4) is 0 Å². The van der Waals surface area contributed by atoms with Gasteiger partial charge in [0, 0.05) is 29.5 Å². The molecule has 0 fully saturated rings. The monoisotopic (exact) mass is 456 g/mol. The van der Waals surface area contributed by atoms with Crippen LogP contribution in [0.2, 0.25) is 0 Å². The van der Waals surface area contributed by atoms with E-state index in [0.717, 1.165) is 23.3 Å². The van der Waals surface area contributed by atoms with Gasteiger partial charge in [-0.05, 0) is 13.3 Å². The number of hydrogen-bond acceptors (Lipinski definition) is 6. The number of carbonyl (C=O) groups is 3. The third kappa shape index (κ3) is 3.91. The molecule has 0 unspecified atom stereocenters. The van der Waals surface area contributed by atoms with Crippen molar-refractivity contribution >= 4 is 33.9 Å². The number of hydrogen-bond donors (Lipinski definition) is 1. The smallest absolute Gasteiger partial charge is 0.293 e. The highest BCUT2D eigenvalue weighted by atomic mass is 32.1. The SMILES string of the molecule is Cc1c(C(=O)Nc2nc(-c3ccccc3)c(C(=O)c3ccccc3)s2)oc2c1C(=O)CCC2. The molecule has 0 saturated carbocycles. The van der Waals surface area contributed by atoms with Crippen LogP contribution in [-0.2, 0) is 6.42 Å². The van der Waals surface area contributed by atoms with Crippen LogP contribution in [0.15, 0.2) is 65.1 Å². The first-order chi connectivity index (χ1) is 16.0. The molecule has 2 aromatic carbocycles. The van der Waals surface area contributed by atoms with Crippen molar-refractivity contribution in [1.82, 2.24) is 4.98 Å². The highest BCUT2D eigenvalue weighted by Crippen LogP contribution is 2.34. The molecule has 33 heavy (non-hydrogen) atoms. The number of ketones is 2. The molecule has 0 radical (unpaired) electrons. The lowest BCUT2D eigenvalue weighted by Crippen LogP contribution is -2.13. The van der Waals surface area contributed by atoms with E-state index in [1.807, 2.05) is 48.5 Å². The van der Waals surface area contributed by atoms with Crippen LogP contribution in [0.1, 0.15) is 60.3 Å². The number of amides is 1. The number of nitrogens with one attached hydrogen (secondary N) is 1. The Morgan fingerprint density at radius 2 is 1.70 bits per heavy atom. The van der Waals surface area contributed by atoms with Gasteiger partial charge in [0.15, 0.2) is 16.7 Å². The van der Waals surface area contributed by atoms with Gasteiger partial charge in [-0.25, -0.2) is 4.98 Å². The minimum atomic E-state index is -0.484. The summed E-state index contributed by atoms with van der Waals surface area (Å²) >= 11 is 1.12. The van der Waals surface area contributed by atoms with Crippen molar-refractivity contribution in [2.75, 3.05) is 5.32 Å². The van der Waals surface area contributed by atoms with Crippen molar-refractivity contribution in [2.45, 2.75) is 26.2 Å². The van der Waals surface area contributed by atoms with Crippen molar-refractivity contribution in [2.24, 2.45) is 0 Å². The van der Waals surface area contributed by atoms with Crippen LogP contribution >= 0.6 is 11.3 Å². The van der Waals surface area contributed by atoms with Gasteiger partial charge in [0.2, 0.25) is 5.78 Å². The maximum atomic E-state index is 13.2. The summed E-state index contributed by atoms with van der Waals surface area (Å²) in [6, 6.07) is 18.4. The predicted octanol–water partition coefficient (Wildman–Crippen LogP) is 5.71. The number of Topliss-reactive ketones (excluding diaryl/α,β-unsaturated/α-hetero) is 1. The Labute approximate surface area is 194 Å². The molecule has 1 aliphatic carbocycles. The Bertz CT molecular complexity index is 1370. The Kier molecular flexibility index (Phi) is 5.48. The number of nitrogens with zero attached hydrogens (tertiary/aromatic N) is 1. The van der Waals surface area contributed by atoms with Crippen LogP contribution in [0.5, 0.6) is 0 Å². The maximum absolute atomic E-state index is 13.2. The second-order valence-electron chi connectivity index (χ2n) is 7.84. The predicted molar refractivity (Wildman–Crippen MR) is 126 cm³/mol. The highest BCUT2D eigenvalue weighted by molar-refractivity contribution is 7.18. The fourth-order valence-corrected chi connectivity index (χ4v) is 5.00. The van der Waals surface area contributed by atoms with Gasteiger partial charge in [-0.2, -0.15) is 0 Å². The topological polar surface area (TPSA) is 89.3 Å². The van der Waals surface area contributed by atoms with E-state index in [-0.39, 0.29) is 17.3 Å². The molecule has 0 spiro atoms. The van der Waals surface area contributed by atoms with Crippen molar-refractivity contribution in [1.29, 1.82) is 0 Å². The fourth-order valence-electron chi connectivity index (χ4n) is 4.06. The van der Waals surface area contributed by atoms with E-state index < -0.39 is 5.91 Å². The van der Waals surface area contributed by atoms with Crippen LogP contribution in [0.4, 0.5) is 5.13 Å². The Morgan fingerprint density at radius 1 is 1.00 bits per heavy atom. The van der Waals surface area contributed by atoms with E-state index in [9.17, 15) is 14.4 Å². The van der Waals surface area contributed by atoms with Gasteiger partial charge in [0.25, 0.3) is 5.91 Å². The normalized spacial score (nSPS) is 12.9. The molecule has 1 N–H and O–H groups in total. The van der Waals surface area contributed by atoms with Gasteiger partial charge >= 0.3 is 0 Å². The lowest BCUT2D eigenvalue weighted by molar-refractivity contribution is 0.0963. The molecule has 0 aliphatic heterocycles. The van der Waals surface area contributed by atoms with Crippen LogP contribution in [-0.4, -0.2) is 22.5 Å². The molecule has 6 nitrogen and oxygen atoms in total. The zero-order valence-corrected chi connectivity index (χ0v) is 18.7. The molecular formula is C26H20N2O4S. The molecule has 1 amide bonds. The van der Waals surface area contributed by atoms with E-state index in [4.69, 9.17) is 4.42 Å². The zero-order chi connectivity index (χ0) is 22.9. The summed E-state index contributed by atoms with van der Waals surface area (Å²) in [5.41, 5.74) is 2.91. The maximum Gasteiger partial charge on any atom is 0.293 e. The molecule has 0 saturated heterocycles. The first-order valence-corrected chi connectivity index (χ1v) is 11.5. The summed E-state index contributed by atoms with van der Waals surface area (Å²) in [7, 11) is 0. The van der Waals surface area contributed by atoms with E-state index in [1.165, 1.54) is 0 Å². The number of carbonyl (C=O) groups excluding carboxylic acids is 3. The van der Waals surface area contributed by atoms with Gasteiger partial charge in [0.05, 0.1) is 11.3 Å². The number of thiazole rings is 1. The molecule has 5 rings (SSSR count). The highest BCUT2D eigenvalue weighted by Gasteiger charge is 2.29. The zero-order valence-electron chi connectivity index (χ0n) is 17.9. The van der Waals surface area contributed by atoms with E-state index in [1.54, 1.807) is 19.1 Å². The lowest BCUT2D eigenvalue weighted by atomic mass is 9.94. The Morgan fingerprint density at radius 3 is 2.39 bits per heavy atom. The van der Waals surface area contributed by atoms with E-state index in [0.29, 0.717) is 51.0 Å². The number of fused-ring (bicyclic) bond motifs is 1.